The molecule has 0 radical (unpaired) electrons. The molecule has 26 heavy (non-hydrogen) atoms. The number of benzene rings is 1. The van der Waals surface area contributed by atoms with E-state index in [1.807, 2.05) is 36.1 Å². The number of aryl methyl sites for hydroxylation is 1. The van der Waals surface area contributed by atoms with Gasteiger partial charge in [0.15, 0.2) is 0 Å². The number of nitrogen functional groups attached to an aromatic ring is 1. The van der Waals surface area contributed by atoms with E-state index < -0.39 is 0 Å². The molecule has 4 rings (SSSR count). The normalized spacial score (nSPS) is 14.8. The van der Waals surface area contributed by atoms with Gasteiger partial charge < -0.3 is 15.5 Å². The van der Waals surface area contributed by atoms with Gasteiger partial charge in [0, 0.05) is 37.6 Å². The lowest BCUT2D eigenvalue weighted by Crippen LogP contribution is -2.50. The number of carbonyl (C=O) groups is 1. The fourth-order valence-electron chi connectivity index (χ4n) is 3.33. The molecule has 0 saturated carbocycles. The molecule has 1 fully saturated rings. The molecule has 3 aromatic rings. The van der Waals surface area contributed by atoms with Gasteiger partial charge in [0.05, 0.1) is 11.2 Å². The van der Waals surface area contributed by atoms with E-state index >= 15 is 0 Å². The molecule has 2 aromatic heterocycles. The number of hydrogen-bond donors (Lipinski definition) is 1. The van der Waals surface area contributed by atoms with Crippen LogP contribution < -0.4 is 10.6 Å². The Kier molecular flexibility index (Phi) is 4.16. The average molecular weight is 351 g/mol. The molecule has 8 nitrogen and oxygen atoms in total. The second-order valence-corrected chi connectivity index (χ2v) is 6.45. The summed E-state index contributed by atoms with van der Waals surface area (Å²) in [6, 6.07) is 9.75. The van der Waals surface area contributed by atoms with E-state index in [2.05, 4.69) is 20.0 Å². The average Bonchev–Trinajstić information content (AvgIpc) is 2.98. The van der Waals surface area contributed by atoms with Gasteiger partial charge in [0.25, 0.3) is 0 Å². The van der Waals surface area contributed by atoms with E-state index in [1.165, 1.54) is 0 Å². The van der Waals surface area contributed by atoms with E-state index in [1.54, 1.807) is 17.1 Å². The predicted octanol–water partition coefficient (Wildman–Crippen LogP) is 1.07. The highest BCUT2D eigenvalue weighted by molar-refractivity contribution is 5.89. The number of rotatable bonds is 3. The highest BCUT2D eigenvalue weighted by atomic mass is 16.2. The molecule has 2 N–H and O–H groups in total. The Labute approximate surface area is 151 Å². The van der Waals surface area contributed by atoms with Crippen molar-refractivity contribution in [2.75, 3.05) is 36.8 Å². The van der Waals surface area contributed by atoms with Gasteiger partial charge >= 0.3 is 0 Å². The van der Waals surface area contributed by atoms with Crippen LogP contribution in [0.4, 0.5) is 11.6 Å². The van der Waals surface area contributed by atoms with Gasteiger partial charge in [-0.2, -0.15) is 5.10 Å². The molecule has 0 aliphatic carbocycles. The summed E-state index contributed by atoms with van der Waals surface area (Å²) in [5, 5.41) is 5.30. The monoisotopic (exact) mass is 351 g/mol. The molecule has 134 valence electrons. The summed E-state index contributed by atoms with van der Waals surface area (Å²) in [5.41, 5.74) is 7.62. The second kappa shape index (κ2) is 6.62. The fourth-order valence-corrected chi connectivity index (χ4v) is 3.33. The molecule has 0 spiro atoms. The van der Waals surface area contributed by atoms with Crippen LogP contribution in [0.1, 0.15) is 5.69 Å². The van der Waals surface area contributed by atoms with Crippen LogP contribution in [0.5, 0.6) is 0 Å². The van der Waals surface area contributed by atoms with Crippen molar-refractivity contribution in [3.63, 3.8) is 0 Å². The van der Waals surface area contributed by atoms with Gasteiger partial charge in [-0.1, -0.05) is 12.1 Å². The van der Waals surface area contributed by atoms with Crippen LogP contribution in [-0.4, -0.2) is 56.7 Å². The number of amides is 1. The number of aromatic nitrogens is 4. The van der Waals surface area contributed by atoms with Crippen molar-refractivity contribution < 1.29 is 4.79 Å². The minimum Gasteiger partial charge on any atom is -0.384 e. The van der Waals surface area contributed by atoms with Crippen LogP contribution >= 0.6 is 0 Å². The topological polar surface area (TPSA) is 93.2 Å². The predicted molar refractivity (Wildman–Crippen MR) is 99.7 cm³/mol. The maximum absolute atomic E-state index is 12.5. The lowest BCUT2D eigenvalue weighted by Gasteiger charge is -2.35. The van der Waals surface area contributed by atoms with Crippen LogP contribution in [0.25, 0.3) is 10.9 Å². The number of para-hydroxylation sites is 1. The third-order valence-electron chi connectivity index (χ3n) is 4.67. The molecule has 1 saturated heterocycles. The smallest absolute Gasteiger partial charge is 0.244 e. The van der Waals surface area contributed by atoms with E-state index in [-0.39, 0.29) is 12.5 Å². The van der Waals surface area contributed by atoms with Crippen molar-refractivity contribution in [2.24, 2.45) is 0 Å². The van der Waals surface area contributed by atoms with Gasteiger partial charge in [0.1, 0.15) is 24.5 Å². The van der Waals surface area contributed by atoms with E-state index in [9.17, 15) is 4.79 Å². The van der Waals surface area contributed by atoms with Gasteiger partial charge in [-0.15, -0.1) is 0 Å². The molecule has 0 bridgehead atoms. The zero-order chi connectivity index (χ0) is 18.1. The number of anilines is 2. The molecule has 3 heterocycles. The molecular weight excluding hydrogens is 330 g/mol. The molecule has 1 aliphatic heterocycles. The van der Waals surface area contributed by atoms with Gasteiger partial charge in [-0.25, -0.2) is 14.6 Å². The first-order valence-electron chi connectivity index (χ1n) is 8.64. The first kappa shape index (κ1) is 16.3. The largest absolute Gasteiger partial charge is 0.384 e. The van der Waals surface area contributed by atoms with Crippen LogP contribution in [0.2, 0.25) is 0 Å². The number of nitrogens with zero attached hydrogens (tertiary/aromatic N) is 6. The van der Waals surface area contributed by atoms with Crippen LogP contribution in [-0.2, 0) is 11.3 Å². The zero-order valence-corrected chi connectivity index (χ0v) is 14.7. The Hall–Kier alpha value is -3.16. The Balaban J connectivity index is 1.44. The van der Waals surface area contributed by atoms with Crippen LogP contribution in [0.15, 0.2) is 36.7 Å². The third-order valence-corrected chi connectivity index (χ3v) is 4.67. The SMILES string of the molecule is Cc1cc(N)n(CC(=O)N2CCN(c3ncnc4ccccc34)CC2)n1. The summed E-state index contributed by atoms with van der Waals surface area (Å²) in [4.78, 5) is 25.4. The third kappa shape index (κ3) is 3.05. The molecule has 8 heteroatoms. The van der Waals surface area contributed by atoms with Crippen molar-refractivity contribution in [3.8, 4) is 0 Å². The molecule has 1 aliphatic rings. The van der Waals surface area contributed by atoms with Crippen molar-refractivity contribution >= 4 is 28.4 Å². The van der Waals surface area contributed by atoms with Gasteiger partial charge in [-0.05, 0) is 19.1 Å². The van der Waals surface area contributed by atoms with Crippen molar-refractivity contribution in [1.29, 1.82) is 0 Å². The summed E-state index contributed by atoms with van der Waals surface area (Å²) in [6.45, 7) is 4.81. The Morgan fingerprint density at radius 1 is 1.15 bits per heavy atom. The summed E-state index contributed by atoms with van der Waals surface area (Å²) in [5.74, 6) is 1.48. The first-order valence-corrected chi connectivity index (χ1v) is 8.64. The van der Waals surface area contributed by atoms with Gasteiger partial charge in [-0.3, -0.25) is 4.79 Å². The van der Waals surface area contributed by atoms with E-state index in [0.717, 1.165) is 35.5 Å². The van der Waals surface area contributed by atoms with Crippen molar-refractivity contribution in [2.45, 2.75) is 13.5 Å². The lowest BCUT2D eigenvalue weighted by molar-refractivity contribution is -0.132. The van der Waals surface area contributed by atoms with Gasteiger partial charge in [0.2, 0.25) is 5.91 Å². The maximum Gasteiger partial charge on any atom is 0.244 e. The standard InChI is InChI=1S/C18H21N7O/c1-13-10-16(19)25(22-13)11-17(26)23-6-8-24(9-7-23)18-14-4-2-3-5-15(14)20-12-21-18/h2-5,10,12H,6-9,11,19H2,1H3. The fraction of sp³-hybridized carbons (Fsp3) is 0.333. The van der Waals surface area contributed by atoms with E-state index in [4.69, 9.17) is 5.73 Å². The number of fused-ring (bicyclic) bond motifs is 1. The van der Waals surface area contributed by atoms with E-state index in [0.29, 0.717) is 18.9 Å². The molecule has 0 unspecified atom stereocenters. The molecule has 0 atom stereocenters. The molecule has 1 amide bonds. The highest BCUT2D eigenvalue weighted by Crippen LogP contribution is 2.23. The first-order chi connectivity index (χ1) is 12.6. The summed E-state index contributed by atoms with van der Waals surface area (Å²) in [6.07, 6.45) is 1.60. The summed E-state index contributed by atoms with van der Waals surface area (Å²) in [7, 11) is 0. The number of nitrogens with two attached hydrogens (primary N) is 1. The Morgan fingerprint density at radius 3 is 2.65 bits per heavy atom. The Bertz CT molecular complexity index is 938. The number of hydrogen-bond acceptors (Lipinski definition) is 6. The summed E-state index contributed by atoms with van der Waals surface area (Å²) < 4.78 is 1.56. The highest BCUT2D eigenvalue weighted by Gasteiger charge is 2.23. The lowest BCUT2D eigenvalue weighted by atomic mass is 10.2. The van der Waals surface area contributed by atoms with Crippen molar-refractivity contribution in [3.05, 3.63) is 42.4 Å². The Morgan fingerprint density at radius 2 is 1.92 bits per heavy atom. The minimum absolute atomic E-state index is 0.0343. The maximum atomic E-state index is 12.5. The minimum atomic E-state index is 0.0343. The quantitative estimate of drug-likeness (QED) is 0.759. The van der Waals surface area contributed by atoms with Crippen LogP contribution in [0, 0.1) is 6.92 Å². The number of carbonyl (C=O) groups excluding carboxylic acids is 1. The second-order valence-electron chi connectivity index (χ2n) is 6.45. The molecular formula is C18H21N7O. The zero-order valence-electron chi connectivity index (χ0n) is 14.7. The van der Waals surface area contributed by atoms with Crippen molar-refractivity contribution in [1.82, 2.24) is 24.6 Å². The summed E-state index contributed by atoms with van der Waals surface area (Å²) >= 11 is 0. The molecule has 1 aromatic carbocycles. The number of piperazine rings is 1. The van der Waals surface area contributed by atoms with Crippen LogP contribution in [0.3, 0.4) is 0 Å².